The Morgan fingerprint density at radius 3 is 2.21 bits per heavy atom. The summed E-state index contributed by atoms with van der Waals surface area (Å²) in [7, 11) is 0. The molecule has 0 heterocycles. The summed E-state index contributed by atoms with van der Waals surface area (Å²) in [5, 5.41) is 9.22. The van der Waals surface area contributed by atoms with Gasteiger partial charge in [-0.3, -0.25) is 14.9 Å². The van der Waals surface area contributed by atoms with Crippen LogP contribution >= 0.6 is 35.4 Å². The van der Waals surface area contributed by atoms with Crippen molar-refractivity contribution in [3.05, 3.63) is 88.4 Å². The smallest absolute Gasteiger partial charge is 0.266 e. The van der Waals surface area contributed by atoms with Crippen LogP contribution in [0.2, 0.25) is 10.0 Å². The molecule has 0 aliphatic heterocycles. The molecule has 2 amide bonds. The number of nitrogens with one attached hydrogen (secondary N) is 3. The number of rotatable bonds is 7. The minimum atomic E-state index is -0.842. The second kappa shape index (κ2) is 11.7. The molecule has 33 heavy (non-hydrogen) atoms. The van der Waals surface area contributed by atoms with E-state index in [-0.39, 0.29) is 11.0 Å². The molecule has 1 unspecified atom stereocenters. The van der Waals surface area contributed by atoms with Gasteiger partial charge >= 0.3 is 0 Å². The molecule has 0 saturated heterocycles. The molecule has 170 valence electrons. The highest BCUT2D eigenvalue weighted by atomic mass is 35.5. The fraction of sp³-hybridized carbons (Fsp3) is 0.125. The van der Waals surface area contributed by atoms with Gasteiger partial charge in [0.2, 0.25) is 5.91 Å². The van der Waals surface area contributed by atoms with E-state index in [4.69, 9.17) is 40.2 Å². The van der Waals surface area contributed by atoms with E-state index in [0.717, 1.165) is 5.56 Å². The van der Waals surface area contributed by atoms with Crippen molar-refractivity contribution in [1.29, 1.82) is 0 Å². The van der Waals surface area contributed by atoms with Gasteiger partial charge in [0.1, 0.15) is 5.75 Å². The first kappa shape index (κ1) is 24.5. The van der Waals surface area contributed by atoms with E-state index >= 15 is 0 Å². The van der Waals surface area contributed by atoms with Crippen molar-refractivity contribution in [3.8, 4) is 5.75 Å². The predicted molar refractivity (Wildman–Crippen MR) is 136 cm³/mol. The van der Waals surface area contributed by atoms with E-state index in [0.29, 0.717) is 33.6 Å². The van der Waals surface area contributed by atoms with Gasteiger partial charge < -0.3 is 15.4 Å². The molecule has 6 nitrogen and oxygen atoms in total. The molecule has 3 aromatic rings. The van der Waals surface area contributed by atoms with E-state index in [1.54, 1.807) is 43.3 Å². The van der Waals surface area contributed by atoms with Crippen LogP contribution < -0.4 is 20.7 Å². The summed E-state index contributed by atoms with van der Waals surface area (Å²) in [6, 6.07) is 21.2. The number of hydrogen-bond acceptors (Lipinski definition) is 4. The van der Waals surface area contributed by atoms with E-state index in [2.05, 4.69) is 16.0 Å². The first-order chi connectivity index (χ1) is 15.8. The van der Waals surface area contributed by atoms with Crippen molar-refractivity contribution in [2.45, 2.75) is 19.4 Å². The van der Waals surface area contributed by atoms with Crippen molar-refractivity contribution >= 4 is 63.7 Å². The summed E-state index contributed by atoms with van der Waals surface area (Å²) in [6.07, 6.45) is -0.552. The standard InChI is InChI=1S/C24H21Cl2N3O3S/c1-15(32-21-12-7-17(25)14-20(21)26)23(31)29-24(33)28-19-10-8-18(9-11-19)27-22(30)13-16-5-3-2-4-6-16/h2-12,14-15H,13H2,1H3,(H,27,30)(H2,28,29,31,33). The highest BCUT2D eigenvalue weighted by Gasteiger charge is 2.17. The molecule has 1 atom stereocenters. The van der Waals surface area contributed by atoms with Crippen LogP contribution in [-0.4, -0.2) is 23.0 Å². The summed E-state index contributed by atoms with van der Waals surface area (Å²) in [5.41, 5.74) is 2.24. The zero-order chi connectivity index (χ0) is 23.8. The maximum absolute atomic E-state index is 12.4. The molecule has 0 aliphatic carbocycles. The lowest BCUT2D eigenvalue weighted by Gasteiger charge is -2.16. The van der Waals surface area contributed by atoms with E-state index in [1.807, 2.05) is 30.3 Å². The molecule has 0 spiro atoms. The summed E-state index contributed by atoms with van der Waals surface area (Å²) in [5.74, 6) is -0.213. The lowest BCUT2D eigenvalue weighted by atomic mass is 10.1. The predicted octanol–water partition coefficient (Wildman–Crippen LogP) is 5.46. The molecule has 3 rings (SSSR count). The van der Waals surface area contributed by atoms with Crippen LogP contribution in [0.4, 0.5) is 11.4 Å². The van der Waals surface area contributed by atoms with Gasteiger partial charge in [-0.2, -0.15) is 0 Å². The summed E-state index contributed by atoms with van der Waals surface area (Å²) < 4.78 is 5.58. The third-order valence-corrected chi connectivity index (χ3v) is 5.17. The van der Waals surface area contributed by atoms with Crippen LogP contribution in [0.3, 0.4) is 0 Å². The Balaban J connectivity index is 1.47. The number of halogens is 2. The van der Waals surface area contributed by atoms with Gasteiger partial charge in [0, 0.05) is 16.4 Å². The quantitative estimate of drug-likeness (QED) is 0.374. The minimum Gasteiger partial charge on any atom is -0.479 e. The monoisotopic (exact) mass is 501 g/mol. The molecular weight excluding hydrogens is 481 g/mol. The van der Waals surface area contributed by atoms with Crippen molar-refractivity contribution in [3.63, 3.8) is 0 Å². The molecule has 0 fully saturated rings. The Morgan fingerprint density at radius 1 is 0.939 bits per heavy atom. The summed E-state index contributed by atoms with van der Waals surface area (Å²) in [6.45, 7) is 1.58. The highest BCUT2D eigenvalue weighted by molar-refractivity contribution is 7.80. The molecule has 3 N–H and O–H groups in total. The van der Waals surface area contributed by atoms with E-state index in [9.17, 15) is 9.59 Å². The van der Waals surface area contributed by atoms with Gasteiger partial charge in [0.15, 0.2) is 11.2 Å². The largest absolute Gasteiger partial charge is 0.479 e. The molecule has 0 radical (unpaired) electrons. The van der Waals surface area contributed by atoms with Gasteiger partial charge in [-0.1, -0.05) is 53.5 Å². The average Bonchev–Trinajstić information content (AvgIpc) is 2.77. The maximum Gasteiger partial charge on any atom is 0.266 e. The molecular formula is C24H21Cl2N3O3S. The van der Waals surface area contributed by atoms with Gasteiger partial charge in [0.25, 0.3) is 5.91 Å². The zero-order valence-corrected chi connectivity index (χ0v) is 19.9. The number of amides is 2. The number of carbonyl (C=O) groups excluding carboxylic acids is 2. The molecule has 0 aromatic heterocycles. The maximum atomic E-state index is 12.4. The number of hydrogen-bond donors (Lipinski definition) is 3. The Morgan fingerprint density at radius 2 is 1.58 bits per heavy atom. The van der Waals surface area contributed by atoms with Gasteiger partial charge in [-0.15, -0.1) is 0 Å². The lowest BCUT2D eigenvalue weighted by molar-refractivity contribution is -0.125. The van der Waals surface area contributed by atoms with Crippen LogP contribution in [0.1, 0.15) is 12.5 Å². The Kier molecular flexibility index (Phi) is 8.65. The molecule has 0 aliphatic rings. The average molecular weight is 502 g/mol. The Hall–Kier alpha value is -3.13. The minimum absolute atomic E-state index is 0.110. The number of anilines is 2. The Bertz CT molecular complexity index is 1140. The number of thiocarbonyl (C=S) groups is 1. The van der Waals surface area contributed by atoms with Crippen LogP contribution in [0.15, 0.2) is 72.8 Å². The van der Waals surface area contributed by atoms with Crippen LogP contribution in [-0.2, 0) is 16.0 Å². The molecule has 0 bridgehead atoms. The Labute approximate surface area is 207 Å². The normalized spacial score (nSPS) is 11.2. The summed E-state index contributed by atoms with van der Waals surface area (Å²) >= 11 is 17.1. The van der Waals surface area contributed by atoms with Gasteiger partial charge in [-0.25, -0.2) is 0 Å². The fourth-order valence-electron chi connectivity index (χ4n) is 2.81. The first-order valence-electron chi connectivity index (χ1n) is 9.97. The number of benzene rings is 3. The topological polar surface area (TPSA) is 79.5 Å². The van der Waals surface area contributed by atoms with Crippen LogP contribution in [0.25, 0.3) is 0 Å². The molecule has 9 heteroatoms. The fourth-order valence-corrected chi connectivity index (χ4v) is 3.49. The van der Waals surface area contributed by atoms with E-state index < -0.39 is 12.0 Å². The van der Waals surface area contributed by atoms with E-state index in [1.165, 1.54) is 6.07 Å². The molecule has 0 saturated carbocycles. The third kappa shape index (κ3) is 7.75. The zero-order valence-electron chi connectivity index (χ0n) is 17.6. The van der Waals surface area contributed by atoms with Gasteiger partial charge in [0.05, 0.1) is 11.4 Å². The van der Waals surface area contributed by atoms with Crippen LogP contribution in [0.5, 0.6) is 5.75 Å². The van der Waals surface area contributed by atoms with Crippen molar-refractivity contribution in [2.24, 2.45) is 0 Å². The SMILES string of the molecule is CC(Oc1ccc(Cl)cc1Cl)C(=O)NC(=S)Nc1ccc(NC(=O)Cc2ccccc2)cc1. The summed E-state index contributed by atoms with van der Waals surface area (Å²) in [4.78, 5) is 24.5. The van der Waals surface area contributed by atoms with Crippen molar-refractivity contribution in [2.75, 3.05) is 10.6 Å². The van der Waals surface area contributed by atoms with Gasteiger partial charge in [-0.05, 0) is 67.2 Å². The highest BCUT2D eigenvalue weighted by Crippen LogP contribution is 2.28. The van der Waals surface area contributed by atoms with Crippen LogP contribution in [0, 0.1) is 0 Å². The molecule has 3 aromatic carbocycles. The second-order valence-corrected chi connectivity index (χ2v) is 8.32. The number of ether oxygens (including phenoxy) is 1. The lowest BCUT2D eigenvalue weighted by Crippen LogP contribution is -2.42. The first-order valence-corrected chi connectivity index (χ1v) is 11.1. The van der Waals surface area contributed by atoms with Crippen molar-refractivity contribution < 1.29 is 14.3 Å². The third-order valence-electron chi connectivity index (χ3n) is 4.44. The second-order valence-electron chi connectivity index (χ2n) is 7.07. The van der Waals surface area contributed by atoms with Crippen molar-refractivity contribution in [1.82, 2.24) is 5.32 Å². The number of carbonyl (C=O) groups is 2.